The van der Waals surface area contributed by atoms with E-state index in [4.69, 9.17) is 34.8 Å². The molecule has 8 heteroatoms. The van der Waals surface area contributed by atoms with Gasteiger partial charge < -0.3 is 5.32 Å². The number of hydrogen-bond donors (Lipinski definition) is 1. The van der Waals surface area contributed by atoms with Crippen LogP contribution in [0.5, 0.6) is 0 Å². The first-order valence-corrected chi connectivity index (χ1v) is 10.7. The molecule has 1 N–H and O–H groups in total. The summed E-state index contributed by atoms with van der Waals surface area (Å²) in [5.41, 5.74) is 1.17. The van der Waals surface area contributed by atoms with Crippen molar-refractivity contribution in [2.24, 2.45) is 0 Å². The fraction of sp³-hybridized carbons (Fsp3) is 0. The number of anilines is 2. The van der Waals surface area contributed by atoms with Gasteiger partial charge in [0.05, 0.1) is 15.7 Å². The number of halogens is 3. The normalized spacial score (nSPS) is 13.9. The maximum absolute atomic E-state index is 13.3. The van der Waals surface area contributed by atoms with E-state index in [1.165, 1.54) is 17.8 Å². The SMILES string of the molecule is O=C1C(Nc2ccc(Cl)cc2)=C(Sc2ccccc2)C(=O)N1c1ccc(Cl)c(Cl)c1. The topological polar surface area (TPSA) is 49.4 Å². The predicted octanol–water partition coefficient (Wildman–Crippen LogP) is 6.64. The maximum atomic E-state index is 13.3. The Hall–Kier alpha value is -2.44. The zero-order chi connectivity index (χ0) is 21.3. The minimum atomic E-state index is -0.480. The van der Waals surface area contributed by atoms with Crippen molar-refractivity contribution in [3.05, 3.63) is 98.5 Å². The van der Waals surface area contributed by atoms with Gasteiger partial charge >= 0.3 is 0 Å². The van der Waals surface area contributed by atoms with Gasteiger partial charge in [-0.2, -0.15) is 0 Å². The zero-order valence-electron chi connectivity index (χ0n) is 15.2. The van der Waals surface area contributed by atoms with E-state index in [9.17, 15) is 9.59 Å². The molecule has 0 spiro atoms. The van der Waals surface area contributed by atoms with Crippen LogP contribution in [0.15, 0.2) is 88.3 Å². The van der Waals surface area contributed by atoms with E-state index >= 15 is 0 Å². The summed E-state index contributed by atoms with van der Waals surface area (Å²) >= 11 is 19.3. The number of hydrogen-bond acceptors (Lipinski definition) is 4. The monoisotopic (exact) mass is 474 g/mol. The fourth-order valence-electron chi connectivity index (χ4n) is 2.86. The standard InChI is InChI=1S/C22H13Cl3N2O2S/c23-13-6-8-14(9-7-13)26-19-20(30-16-4-2-1-3-5-16)22(29)27(21(19)28)15-10-11-17(24)18(25)12-15/h1-12,26H. The second-order valence-corrected chi connectivity index (χ2v) is 8.63. The van der Waals surface area contributed by atoms with Crippen LogP contribution in [0.4, 0.5) is 11.4 Å². The van der Waals surface area contributed by atoms with E-state index < -0.39 is 11.8 Å². The van der Waals surface area contributed by atoms with Gasteiger partial charge in [-0.15, -0.1) is 0 Å². The lowest BCUT2D eigenvalue weighted by Gasteiger charge is -2.16. The molecule has 2 amide bonds. The number of nitrogens with zero attached hydrogens (tertiary/aromatic N) is 1. The van der Waals surface area contributed by atoms with E-state index in [2.05, 4.69) is 5.32 Å². The van der Waals surface area contributed by atoms with Gasteiger partial charge in [0.1, 0.15) is 10.6 Å². The first-order valence-electron chi connectivity index (χ1n) is 8.77. The number of carbonyl (C=O) groups is 2. The van der Waals surface area contributed by atoms with Crippen LogP contribution >= 0.6 is 46.6 Å². The highest BCUT2D eigenvalue weighted by atomic mass is 35.5. The third-order valence-corrected chi connectivity index (χ3v) is 6.36. The lowest BCUT2D eigenvalue weighted by molar-refractivity contribution is -0.120. The molecule has 4 rings (SSSR count). The number of thioether (sulfide) groups is 1. The molecule has 150 valence electrons. The molecular formula is C22H13Cl3N2O2S. The van der Waals surface area contributed by atoms with Gasteiger partial charge in [0, 0.05) is 15.6 Å². The van der Waals surface area contributed by atoms with Crippen molar-refractivity contribution in [1.29, 1.82) is 0 Å². The second kappa shape index (κ2) is 8.74. The Labute approximate surface area is 192 Å². The number of nitrogens with one attached hydrogen (secondary N) is 1. The molecule has 0 bridgehead atoms. The minimum Gasteiger partial charge on any atom is -0.350 e. The van der Waals surface area contributed by atoms with Crippen molar-refractivity contribution in [3.63, 3.8) is 0 Å². The molecule has 3 aromatic rings. The van der Waals surface area contributed by atoms with Crippen LogP contribution in [-0.4, -0.2) is 11.8 Å². The van der Waals surface area contributed by atoms with Gasteiger partial charge in [0.15, 0.2) is 0 Å². The van der Waals surface area contributed by atoms with Crippen molar-refractivity contribution >= 4 is 69.8 Å². The molecule has 0 unspecified atom stereocenters. The van der Waals surface area contributed by atoms with Crippen molar-refractivity contribution in [2.45, 2.75) is 4.90 Å². The Morgan fingerprint density at radius 1 is 0.767 bits per heavy atom. The third kappa shape index (κ3) is 4.20. The summed E-state index contributed by atoms with van der Waals surface area (Å²) in [5.74, 6) is -0.921. The summed E-state index contributed by atoms with van der Waals surface area (Å²) in [7, 11) is 0. The first-order chi connectivity index (χ1) is 14.4. The molecule has 1 aliphatic heterocycles. The molecule has 30 heavy (non-hydrogen) atoms. The molecule has 0 atom stereocenters. The Balaban J connectivity index is 1.75. The molecule has 0 saturated carbocycles. The lowest BCUT2D eigenvalue weighted by atomic mass is 10.3. The highest BCUT2D eigenvalue weighted by Gasteiger charge is 2.40. The highest BCUT2D eigenvalue weighted by Crippen LogP contribution is 2.39. The van der Waals surface area contributed by atoms with Gasteiger partial charge in [0.2, 0.25) is 0 Å². The Morgan fingerprint density at radius 2 is 1.47 bits per heavy atom. The van der Waals surface area contributed by atoms with Gasteiger partial charge in [-0.1, -0.05) is 64.8 Å². The molecule has 1 heterocycles. The Bertz CT molecular complexity index is 1160. The molecule has 0 fully saturated rings. The summed E-state index contributed by atoms with van der Waals surface area (Å²) in [4.78, 5) is 28.7. The minimum absolute atomic E-state index is 0.183. The number of amides is 2. The average molecular weight is 476 g/mol. The predicted molar refractivity (Wildman–Crippen MR) is 123 cm³/mol. The summed E-state index contributed by atoms with van der Waals surface area (Å²) < 4.78 is 0. The summed E-state index contributed by atoms with van der Waals surface area (Å²) in [6.07, 6.45) is 0. The van der Waals surface area contributed by atoms with Gasteiger partial charge in [-0.05, 0) is 54.6 Å². The number of benzene rings is 3. The van der Waals surface area contributed by atoms with Crippen molar-refractivity contribution in [1.82, 2.24) is 0 Å². The number of carbonyl (C=O) groups excluding carboxylic acids is 2. The largest absolute Gasteiger partial charge is 0.350 e. The van der Waals surface area contributed by atoms with E-state index in [0.717, 1.165) is 9.80 Å². The van der Waals surface area contributed by atoms with Crippen LogP contribution in [-0.2, 0) is 9.59 Å². The molecule has 0 aromatic heterocycles. The van der Waals surface area contributed by atoms with Crippen LogP contribution in [0.1, 0.15) is 0 Å². The first kappa shape index (κ1) is 20.8. The molecule has 0 aliphatic carbocycles. The Kier molecular flexibility index (Phi) is 6.06. The van der Waals surface area contributed by atoms with E-state index in [1.54, 1.807) is 36.4 Å². The summed E-state index contributed by atoms with van der Waals surface area (Å²) in [5, 5.41) is 4.24. The van der Waals surface area contributed by atoms with E-state index in [1.807, 2.05) is 30.3 Å². The molecule has 4 nitrogen and oxygen atoms in total. The van der Waals surface area contributed by atoms with Crippen LogP contribution in [0, 0.1) is 0 Å². The van der Waals surface area contributed by atoms with Crippen molar-refractivity contribution < 1.29 is 9.59 Å². The van der Waals surface area contributed by atoms with Crippen LogP contribution in [0.25, 0.3) is 0 Å². The van der Waals surface area contributed by atoms with E-state index in [-0.39, 0.29) is 15.6 Å². The molecule has 1 aliphatic rings. The Morgan fingerprint density at radius 3 is 2.13 bits per heavy atom. The third-order valence-electron chi connectivity index (χ3n) is 4.28. The molecule has 3 aromatic carbocycles. The number of imide groups is 1. The van der Waals surface area contributed by atoms with Crippen LogP contribution in [0.3, 0.4) is 0 Å². The van der Waals surface area contributed by atoms with Crippen molar-refractivity contribution in [3.8, 4) is 0 Å². The van der Waals surface area contributed by atoms with Crippen molar-refractivity contribution in [2.75, 3.05) is 10.2 Å². The molecule has 0 saturated heterocycles. The summed E-state index contributed by atoms with van der Waals surface area (Å²) in [6, 6.07) is 20.9. The molecular weight excluding hydrogens is 463 g/mol. The quantitative estimate of drug-likeness (QED) is 0.420. The maximum Gasteiger partial charge on any atom is 0.283 e. The van der Waals surface area contributed by atoms with Crippen LogP contribution < -0.4 is 10.2 Å². The summed E-state index contributed by atoms with van der Waals surface area (Å²) in [6.45, 7) is 0. The average Bonchev–Trinajstić information content (AvgIpc) is 2.96. The smallest absolute Gasteiger partial charge is 0.283 e. The van der Waals surface area contributed by atoms with Gasteiger partial charge in [-0.25, -0.2) is 4.90 Å². The lowest BCUT2D eigenvalue weighted by Crippen LogP contribution is -2.32. The van der Waals surface area contributed by atoms with Gasteiger partial charge in [0.25, 0.3) is 11.8 Å². The van der Waals surface area contributed by atoms with Crippen LogP contribution in [0.2, 0.25) is 15.1 Å². The van der Waals surface area contributed by atoms with Gasteiger partial charge in [-0.3, -0.25) is 9.59 Å². The fourth-order valence-corrected chi connectivity index (χ4v) is 4.22. The number of rotatable bonds is 5. The highest BCUT2D eigenvalue weighted by molar-refractivity contribution is 8.04. The zero-order valence-corrected chi connectivity index (χ0v) is 18.3. The van der Waals surface area contributed by atoms with E-state index in [0.29, 0.717) is 21.4 Å². The second-order valence-electron chi connectivity index (χ2n) is 6.30. The molecule has 0 radical (unpaired) electrons.